The molecule has 1 heterocycles. The third-order valence-corrected chi connectivity index (χ3v) is 3.81. The number of nitrogens with one attached hydrogen (secondary N) is 2. The van der Waals surface area contributed by atoms with Gasteiger partial charge in [-0.25, -0.2) is 4.79 Å². The fourth-order valence-corrected chi connectivity index (χ4v) is 2.58. The highest BCUT2D eigenvalue weighted by Crippen LogP contribution is 2.17. The van der Waals surface area contributed by atoms with Crippen LogP contribution < -0.4 is 10.6 Å². The van der Waals surface area contributed by atoms with Crippen LogP contribution in [0.1, 0.15) is 33.1 Å². The number of rotatable bonds is 5. The molecule has 0 radical (unpaired) electrons. The molecule has 2 N–H and O–H groups in total. The average Bonchev–Trinajstić information content (AvgIpc) is 2.57. The minimum Gasteiger partial charge on any atom is -0.377 e. The van der Waals surface area contributed by atoms with Gasteiger partial charge in [0.2, 0.25) is 5.91 Å². The quantitative estimate of drug-likeness (QED) is 0.876. The second-order valence-electron chi connectivity index (χ2n) is 5.57. The van der Waals surface area contributed by atoms with E-state index in [1.165, 1.54) is 0 Å². The number of piperidine rings is 1. The van der Waals surface area contributed by atoms with Crippen LogP contribution in [-0.2, 0) is 9.53 Å². The molecule has 1 aromatic rings. The van der Waals surface area contributed by atoms with Gasteiger partial charge in [0.15, 0.2) is 0 Å². The lowest BCUT2D eigenvalue weighted by Crippen LogP contribution is -2.45. The van der Waals surface area contributed by atoms with E-state index in [-0.39, 0.29) is 18.0 Å². The molecule has 1 atom stereocenters. The molecule has 3 amide bonds. The average molecular weight is 319 g/mol. The van der Waals surface area contributed by atoms with E-state index in [1.807, 2.05) is 6.92 Å². The monoisotopic (exact) mass is 319 g/mol. The standard InChI is InChI=1S/C17H25N3O3/c1-3-16(21)18-13-7-9-14(10-8-13)19-17(22)20-11-5-6-15(12-20)23-4-2/h7-10,15H,3-6,11-12H2,1-2H3,(H,18,21)(H,19,22)/t15-/m0/s1. The molecule has 6 nitrogen and oxygen atoms in total. The molecule has 0 spiro atoms. The summed E-state index contributed by atoms with van der Waals surface area (Å²) in [4.78, 5) is 25.4. The van der Waals surface area contributed by atoms with E-state index in [1.54, 1.807) is 36.1 Å². The van der Waals surface area contributed by atoms with Crippen molar-refractivity contribution in [3.05, 3.63) is 24.3 Å². The van der Waals surface area contributed by atoms with E-state index in [2.05, 4.69) is 10.6 Å². The van der Waals surface area contributed by atoms with Crippen molar-refractivity contribution in [1.82, 2.24) is 4.90 Å². The highest BCUT2D eigenvalue weighted by Gasteiger charge is 2.23. The van der Waals surface area contributed by atoms with Crippen LogP contribution >= 0.6 is 0 Å². The van der Waals surface area contributed by atoms with Gasteiger partial charge in [-0.05, 0) is 44.0 Å². The second kappa shape index (κ2) is 8.53. The number of hydrogen-bond donors (Lipinski definition) is 2. The Hall–Kier alpha value is -2.08. The zero-order valence-corrected chi connectivity index (χ0v) is 13.8. The van der Waals surface area contributed by atoms with E-state index in [4.69, 9.17) is 4.74 Å². The number of carbonyl (C=O) groups is 2. The molecule has 126 valence electrons. The molecule has 1 aliphatic rings. The van der Waals surface area contributed by atoms with Crippen molar-refractivity contribution < 1.29 is 14.3 Å². The summed E-state index contributed by atoms with van der Waals surface area (Å²) in [6.45, 7) is 5.82. The third kappa shape index (κ3) is 5.25. The highest BCUT2D eigenvalue weighted by atomic mass is 16.5. The van der Waals surface area contributed by atoms with Crippen LogP contribution in [0.4, 0.5) is 16.2 Å². The smallest absolute Gasteiger partial charge is 0.321 e. The Kier molecular flexibility index (Phi) is 6.40. The number of nitrogens with zero attached hydrogens (tertiary/aromatic N) is 1. The summed E-state index contributed by atoms with van der Waals surface area (Å²) < 4.78 is 5.61. The van der Waals surface area contributed by atoms with E-state index >= 15 is 0 Å². The maximum Gasteiger partial charge on any atom is 0.321 e. The molecule has 0 saturated carbocycles. The first-order valence-electron chi connectivity index (χ1n) is 8.19. The minimum atomic E-state index is -0.111. The summed E-state index contributed by atoms with van der Waals surface area (Å²) in [5.41, 5.74) is 1.44. The highest BCUT2D eigenvalue weighted by molar-refractivity contribution is 5.92. The van der Waals surface area contributed by atoms with Crippen LogP contribution in [-0.4, -0.2) is 42.6 Å². The lowest BCUT2D eigenvalue weighted by Gasteiger charge is -2.32. The van der Waals surface area contributed by atoms with Gasteiger partial charge in [0.1, 0.15) is 0 Å². The zero-order chi connectivity index (χ0) is 16.7. The van der Waals surface area contributed by atoms with Crippen molar-refractivity contribution in [1.29, 1.82) is 0 Å². The molecule has 6 heteroatoms. The number of ether oxygens (including phenoxy) is 1. The fourth-order valence-electron chi connectivity index (χ4n) is 2.58. The minimum absolute atomic E-state index is 0.0305. The topological polar surface area (TPSA) is 70.7 Å². The van der Waals surface area contributed by atoms with Crippen molar-refractivity contribution in [2.24, 2.45) is 0 Å². The first kappa shape index (κ1) is 17.3. The van der Waals surface area contributed by atoms with Crippen LogP contribution in [0.5, 0.6) is 0 Å². The molecular weight excluding hydrogens is 294 g/mol. The van der Waals surface area contributed by atoms with Gasteiger partial charge < -0.3 is 20.3 Å². The van der Waals surface area contributed by atoms with Crippen LogP contribution in [0.2, 0.25) is 0 Å². The summed E-state index contributed by atoms with van der Waals surface area (Å²) in [7, 11) is 0. The molecule has 1 fully saturated rings. The van der Waals surface area contributed by atoms with Crippen LogP contribution in [0.3, 0.4) is 0 Å². The summed E-state index contributed by atoms with van der Waals surface area (Å²) >= 11 is 0. The number of hydrogen-bond acceptors (Lipinski definition) is 3. The molecule has 0 aliphatic carbocycles. The third-order valence-electron chi connectivity index (χ3n) is 3.81. The molecule has 0 aromatic heterocycles. The van der Waals surface area contributed by atoms with Crippen molar-refractivity contribution in [2.45, 2.75) is 39.2 Å². The Bertz CT molecular complexity index is 528. The van der Waals surface area contributed by atoms with Gasteiger partial charge in [-0.1, -0.05) is 6.92 Å². The molecule has 1 aliphatic heterocycles. The predicted octanol–water partition coefficient (Wildman–Crippen LogP) is 3.07. The van der Waals surface area contributed by atoms with E-state index in [0.29, 0.717) is 25.3 Å². The predicted molar refractivity (Wildman–Crippen MR) is 90.6 cm³/mol. The maximum absolute atomic E-state index is 12.3. The molecule has 2 rings (SSSR count). The molecule has 0 unspecified atom stereocenters. The molecule has 0 bridgehead atoms. The SMILES string of the molecule is CCO[C@H]1CCCN(C(=O)Nc2ccc(NC(=O)CC)cc2)C1. The number of benzene rings is 1. The van der Waals surface area contributed by atoms with Gasteiger partial charge in [0, 0.05) is 37.5 Å². The first-order chi connectivity index (χ1) is 11.1. The van der Waals surface area contributed by atoms with Crippen molar-refractivity contribution in [2.75, 3.05) is 30.3 Å². The van der Waals surface area contributed by atoms with Gasteiger partial charge in [-0.2, -0.15) is 0 Å². The van der Waals surface area contributed by atoms with Gasteiger partial charge in [-0.15, -0.1) is 0 Å². The van der Waals surface area contributed by atoms with Crippen molar-refractivity contribution in [3.63, 3.8) is 0 Å². The molecule has 1 aromatic carbocycles. The van der Waals surface area contributed by atoms with E-state index < -0.39 is 0 Å². The van der Waals surface area contributed by atoms with Crippen molar-refractivity contribution in [3.8, 4) is 0 Å². The Balaban J connectivity index is 1.88. The molecule has 23 heavy (non-hydrogen) atoms. The summed E-state index contributed by atoms with van der Waals surface area (Å²) in [6.07, 6.45) is 2.53. The van der Waals surface area contributed by atoms with Crippen molar-refractivity contribution >= 4 is 23.3 Å². The number of urea groups is 1. The van der Waals surface area contributed by atoms with E-state index in [0.717, 1.165) is 25.1 Å². The Morgan fingerprint density at radius 2 is 1.83 bits per heavy atom. The van der Waals surface area contributed by atoms with Crippen LogP contribution in [0, 0.1) is 0 Å². The van der Waals surface area contributed by atoms with Gasteiger partial charge in [0.25, 0.3) is 0 Å². The van der Waals surface area contributed by atoms with Crippen LogP contribution in [0.15, 0.2) is 24.3 Å². The summed E-state index contributed by atoms with van der Waals surface area (Å²) in [6, 6.07) is 7.02. The lowest BCUT2D eigenvalue weighted by atomic mass is 10.1. The Morgan fingerprint density at radius 1 is 1.17 bits per heavy atom. The summed E-state index contributed by atoms with van der Waals surface area (Å²) in [5, 5.41) is 5.66. The number of anilines is 2. The Morgan fingerprint density at radius 3 is 2.43 bits per heavy atom. The lowest BCUT2D eigenvalue weighted by molar-refractivity contribution is -0.115. The first-order valence-corrected chi connectivity index (χ1v) is 8.19. The second-order valence-corrected chi connectivity index (χ2v) is 5.57. The Labute approximate surface area is 137 Å². The van der Waals surface area contributed by atoms with E-state index in [9.17, 15) is 9.59 Å². The van der Waals surface area contributed by atoms with Gasteiger partial charge in [-0.3, -0.25) is 4.79 Å². The fraction of sp³-hybridized carbons (Fsp3) is 0.529. The zero-order valence-electron chi connectivity index (χ0n) is 13.8. The molecule has 1 saturated heterocycles. The number of carbonyl (C=O) groups excluding carboxylic acids is 2. The van der Waals surface area contributed by atoms with Gasteiger partial charge in [0.05, 0.1) is 6.10 Å². The molecular formula is C17H25N3O3. The normalized spacial score (nSPS) is 17.7. The number of amides is 3. The maximum atomic E-state index is 12.3. The van der Waals surface area contributed by atoms with Crippen LogP contribution in [0.25, 0.3) is 0 Å². The largest absolute Gasteiger partial charge is 0.377 e. The summed E-state index contributed by atoms with van der Waals surface area (Å²) in [5.74, 6) is -0.0305. The van der Waals surface area contributed by atoms with Gasteiger partial charge >= 0.3 is 6.03 Å². The number of likely N-dealkylation sites (tertiary alicyclic amines) is 1.